The minimum atomic E-state index is -0.127. The van der Waals surface area contributed by atoms with Crippen LogP contribution in [-0.2, 0) is 4.79 Å². The highest BCUT2D eigenvalue weighted by Crippen LogP contribution is 2.32. The van der Waals surface area contributed by atoms with E-state index in [2.05, 4.69) is 35.4 Å². The monoisotopic (exact) mass is 381 g/mol. The zero-order valence-electron chi connectivity index (χ0n) is 15.1. The van der Waals surface area contributed by atoms with Gasteiger partial charge in [0.15, 0.2) is 0 Å². The van der Waals surface area contributed by atoms with Crippen molar-refractivity contribution in [3.05, 3.63) is 51.4 Å². The molecule has 0 spiro atoms. The van der Waals surface area contributed by atoms with Crippen LogP contribution in [0.5, 0.6) is 0 Å². The van der Waals surface area contributed by atoms with E-state index in [1.54, 1.807) is 0 Å². The van der Waals surface area contributed by atoms with Crippen LogP contribution in [0.15, 0.2) is 29.3 Å². The second-order valence-electron chi connectivity index (χ2n) is 6.24. The van der Waals surface area contributed by atoms with Crippen LogP contribution in [0, 0.1) is 39.0 Å². The molecule has 4 nitrogen and oxygen atoms in total. The minimum absolute atomic E-state index is 0.127. The Hall–Kier alpha value is -2.36. The number of anilines is 1. The average molecular weight is 382 g/mol. The van der Waals surface area contributed by atoms with E-state index < -0.39 is 0 Å². The van der Waals surface area contributed by atoms with Crippen molar-refractivity contribution >= 4 is 44.9 Å². The Morgan fingerprint density at radius 2 is 2.04 bits per heavy atom. The van der Waals surface area contributed by atoms with Crippen LogP contribution >= 0.6 is 23.1 Å². The van der Waals surface area contributed by atoms with E-state index in [9.17, 15) is 10.1 Å². The summed E-state index contributed by atoms with van der Waals surface area (Å²) < 4.78 is 0. The van der Waals surface area contributed by atoms with Crippen molar-refractivity contribution in [1.82, 2.24) is 4.98 Å². The lowest BCUT2D eigenvalue weighted by molar-refractivity contribution is -0.113. The molecule has 0 aliphatic heterocycles. The first kappa shape index (κ1) is 18.4. The molecule has 0 radical (unpaired) electrons. The Labute approximate surface area is 161 Å². The number of aromatic nitrogens is 1. The number of carbonyl (C=O) groups is 1. The van der Waals surface area contributed by atoms with Crippen molar-refractivity contribution in [2.45, 2.75) is 32.7 Å². The van der Waals surface area contributed by atoms with Gasteiger partial charge in [-0.3, -0.25) is 4.79 Å². The van der Waals surface area contributed by atoms with Gasteiger partial charge in [0.2, 0.25) is 5.91 Å². The normalized spacial score (nSPS) is 10.7. The first-order valence-corrected chi connectivity index (χ1v) is 10.00. The molecule has 0 unspecified atom stereocenters. The van der Waals surface area contributed by atoms with Gasteiger partial charge in [0.1, 0.15) is 16.1 Å². The summed E-state index contributed by atoms with van der Waals surface area (Å²) in [6.45, 7) is 7.92. The van der Waals surface area contributed by atoms with E-state index in [1.165, 1.54) is 28.7 Å². The third-order valence-corrected chi connectivity index (χ3v) is 6.42. The molecule has 0 saturated heterocycles. The molecule has 0 aliphatic carbocycles. The summed E-state index contributed by atoms with van der Waals surface area (Å²) in [5.41, 5.74) is 4.68. The first-order valence-electron chi connectivity index (χ1n) is 8.19. The van der Waals surface area contributed by atoms with E-state index in [0.717, 1.165) is 31.9 Å². The number of rotatable bonds is 4. The molecule has 3 aromatic rings. The standard InChI is InChI=1S/C20H19N3OS2/c1-11-5-6-17-15(7-11)8-12(2)19(22-17)25-10-18(24)23-20-16(9-21)13(3)14(4)26-20/h5-8H,10H2,1-4H3,(H,23,24). The summed E-state index contributed by atoms with van der Waals surface area (Å²) in [5.74, 6) is 0.129. The molecule has 26 heavy (non-hydrogen) atoms. The van der Waals surface area contributed by atoms with E-state index in [4.69, 9.17) is 0 Å². The zero-order valence-corrected chi connectivity index (χ0v) is 16.8. The van der Waals surface area contributed by atoms with Gasteiger partial charge in [0.25, 0.3) is 0 Å². The van der Waals surface area contributed by atoms with Crippen molar-refractivity contribution in [2.24, 2.45) is 0 Å². The number of hydrogen-bond donors (Lipinski definition) is 1. The van der Waals surface area contributed by atoms with Crippen LogP contribution in [0.25, 0.3) is 10.9 Å². The van der Waals surface area contributed by atoms with Crippen LogP contribution in [0.1, 0.15) is 27.1 Å². The molecule has 1 aromatic carbocycles. The molecule has 2 aromatic heterocycles. The number of nitrogens with zero attached hydrogens (tertiary/aromatic N) is 2. The predicted molar refractivity (Wildman–Crippen MR) is 109 cm³/mol. The number of carbonyl (C=O) groups excluding carboxylic acids is 1. The van der Waals surface area contributed by atoms with Gasteiger partial charge in [-0.25, -0.2) is 4.98 Å². The lowest BCUT2D eigenvalue weighted by atomic mass is 10.1. The fraction of sp³-hybridized carbons (Fsp3) is 0.250. The number of nitrogens with one attached hydrogen (secondary N) is 1. The number of nitriles is 1. The average Bonchev–Trinajstić information content (AvgIpc) is 2.86. The van der Waals surface area contributed by atoms with E-state index in [0.29, 0.717) is 10.6 Å². The maximum atomic E-state index is 12.3. The van der Waals surface area contributed by atoms with Crippen molar-refractivity contribution in [2.75, 3.05) is 11.1 Å². The molecule has 0 fully saturated rings. The number of amides is 1. The van der Waals surface area contributed by atoms with Crippen molar-refractivity contribution in [3.63, 3.8) is 0 Å². The van der Waals surface area contributed by atoms with Gasteiger partial charge in [-0.15, -0.1) is 11.3 Å². The Kier molecular flexibility index (Phi) is 5.30. The Morgan fingerprint density at radius 1 is 1.27 bits per heavy atom. The lowest BCUT2D eigenvalue weighted by Crippen LogP contribution is -2.14. The van der Waals surface area contributed by atoms with Crippen molar-refractivity contribution < 1.29 is 4.79 Å². The van der Waals surface area contributed by atoms with Gasteiger partial charge in [0, 0.05) is 10.3 Å². The maximum absolute atomic E-state index is 12.3. The predicted octanol–water partition coefficient (Wildman–Crippen LogP) is 5.13. The smallest absolute Gasteiger partial charge is 0.235 e. The molecular weight excluding hydrogens is 362 g/mol. The summed E-state index contributed by atoms with van der Waals surface area (Å²) in [6.07, 6.45) is 0. The third-order valence-electron chi connectivity index (χ3n) is 4.20. The SMILES string of the molecule is Cc1ccc2nc(SCC(=O)Nc3sc(C)c(C)c3C#N)c(C)cc2c1. The van der Waals surface area contributed by atoms with Gasteiger partial charge >= 0.3 is 0 Å². The second kappa shape index (κ2) is 7.48. The summed E-state index contributed by atoms with van der Waals surface area (Å²) in [4.78, 5) is 18.1. The van der Waals surface area contributed by atoms with Crippen LogP contribution < -0.4 is 5.32 Å². The number of thiophene rings is 1. The Balaban J connectivity index is 1.73. The lowest BCUT2D eigenvalue weighted by Gasteiger charge is -2.08. The largest absolute Gasteiger partial charge is 0.316 e. The van der Waals surface area contributed by atoms with Gasteiger partial charge in [-0.05, 0) is 57.0 Å². The summed E-state index contributed by atoms with van der Waals surface area (Å²) in [5, 5.41) is 14.7. The van der Waals surface area contributed by atoms with Gasteiger partial charge in [-0.1, -0.05) is 23.4 Å². The number of benzene rings is 1. The topological polar surface area (TPSA) is 65.8 Å². The number of aryl methyl sites for hydroxylation is 3. The van der Waals surface area contributed by atoms with Crippen molar-refractivity contribution in [1.29, 1.82) is 5.26 Å². The number of hydrogen-bond acceptors (Lipinski definition) is 5. The summed E-state index contributed by atoms with van der Waals surface area (Å²) in [6, 6.07) is 10.4. The van der Waals surface area contributed by atoms with E-state index in [-0.39, 0.29) is 11.7 Å². The molecule has 6 heteroatoms. The molecule has 2 heterocycles. The van der Waals surface area contributed by atoms with Gasteiger partial charge in [-0.2, -0.15) is 5.26 Å². The zero-order chi connectivity index (χ0) is 18.8. The van der Waals surface area contributed by atoms with Gasteiger partial charge in [0.05, 0.1) is 16.8 Å². The highest BCUT2D eigenvalue weighted by atomic mass is 32.2. The summed E-state index contributed by atoms with van der Waals surface area (Å²) in [7, 11) is 0. The molecular formula is C20H19N3OS2. The quantitative estimate of drug-likeness (QED) is 0.636. The highest BCUT2D eigenvalue weighted by Gasteiger charge is 2.15. The van der Waals surface area contributed by atoms with Crippen LogP contribution in [0.4, 0.5) is 5.00 Å². The van der Waals surface area contributed by atoms with E-state index >= 15 is 0 Å². The van der Waals surface area contributed by atoms with Crippen LogP contribution in [0.3, 0.4) is 0 Å². The first-order chi connectivity index (χ1) is 12.4. The van der Waals surface area contributed by atoms with Gasteiger partial charge < -0.3 is 5.32 Å². The number of pyridine rings is 1. The highest BCUT2D eigenvalue weighted by molar-refractivity contribution is 8.00. The van der Waals surface area contributed by atoms with Crippen LogP contribution in [0.2, 0.25) is 0 Å². The molecule has 0 saturated carbocycles. The molecule has 1 N–H and O–H groups in total. The van der Waals surface area contributed by atoms with Crippen LogP contribution in [-0.4, -0.2) is 16.6 Å². The Bertz CT molecular complexity index is 1050. The molecule has 0 bridgehead atoms. The van der Waals surface area contributed by atoms with E-state index in [1.807, 2.05) is 32.9 Å². The maximum Gasteiger partial charge on any atom is 0.235 e. The fourth-order valence-electron chi connectivity index (χ4n) is 2.68. The third kappa shape index (κ3) is 3.74. The molecule has 1 amide bonds. The molecule has 132 valence electrons. The minimum Gasteiger partial charge on any atom is -0.316 e. The molecule has 0 atom stereocenters. The number of thioether (sulfide) groups is 1. The fourth-order valence-corrected chi connectivity index (χ4v) is 4.49. The molecule has 0 aliphatic rings. The molecule has 3 rings (SSSR count). The second-order valence-corrected chi connectivity index (χ2v) is 8.43. The number of fused-ring (bicyclic) bond motifs is 1. The summed E-state index contributed by atoms with van der Waals surface area (Å²) >= 11 is 2.86. The van der Waals surface area contributed by atoms with Crippen molar-refractivity contribution in [3.8, 4) is 6.07 Å². The Morgan fingerprint density at radius 3 is 2.77 bits per heavy atom.